The third-order valence-electron chi connectivity index (χ3n) is 3.01. The molecule has 0 N–H and O–H groups in total. The van der Waals surface area contributed by atoms with Crippen molar-refractivity contribution in [2.24, 2.45) is 0 Å². The van der Waals surface area contributed by atoms with Gasteiger partial charge in [0.2, 0.25) is 5.89 Å². The Hall–Kier alpha value is -2.80. The summed E-state index contributed by atoms with van der Waals surface area (Å²) in [5.41, 5.74) is 0.751. The smallest absolute Gasteiger partial charge is 0.321 e. The van der Waals surface area contributed by atoms with Crippen LogP contribution in [0.5, 0.6) is 11.5 Å². The van der Waals surface area contributed by atoms with E-state index in [1.54, 1.807) is 37.4 Å². The quantitative estimate of drug-likeness (QED) is 0.386. The average molecular weight is 342 g/mol. The van der Waals surface area contributed by atoms with Crippen LogP contribution in [0.4, 0.5) is 0 Å². The van der Waals surface area contributed by atoms with Gasteiger partial charge in [0.15, 0.2) is 0 Å². The topological polar surface area (TPSA) is 74.5 Å². The summed E-state index contributed by atoms with van der Waals surface area (Å²) >= 11 is 1.13. The van der Waals surface area contributed by atoms with Crippen LogP contribution in [0, 0.1) is 0 Å². The fraction of sp³-hybridized carbons (Fsp3) is 0.118. The minimum absolute atomic E-state index is 0.0780. The molecule has 6 nitrogen and oxygen atoms in total. The Kier molecular flexibility index (Phi) is 5.12. The van der Waals surface area contributed by atoms with Crippen molar-refractivity contribution in [2.75, 3.05) is 12.9 Å². The average Bonchev–Trinajstić information content (AvgIpc) is 3.10. The van der Waals surface area contributed by atoms with Crippen molar-refractivity contribution in [3.63, 3.8) is 0 Å². The highest BCUT2D eigenvalue weighted by atomic mass is 32.2. The number of para-hydroxylation sites is 1. The van der Waals surface area contributed by atoms with E-state index in [2.05, 4.69) is 10.2 Å². The molecular formula is C17H14N2O4S. The molecule has 1 heterocycles. The van der Waals surface area contributed by atoms with Crippen LogP contribution >= 0.6 is 11.8 Å². The van der Waals surface area contributed by atoms with Gasteiger partial charge in [-0.05, 0) is 30.3 Å². The van der Waals surface area contributed by atoms with Crippen LogP contribution in [-0.4, -0.2) is 29.0 Å². The van der Waals surface area contributed by atoms with E-state index in [0.29, 0.717) is 22.6 Å². The van der Waals surface area contributed by atoms with Gasteiger partial charge in [-0.1, -0.05) is 36.0 Å². The number of hydrogen-bond donors (Lipinski definition) is 0. The standard InChI is InChI=1S/C17H14N2O4S/c1-21-14-9-5-6-12(10-14)16-18-19-17(23-16)24-11-15(20)22-13-7-3-2-4-8-13/h2-10H,11H2,1H3. The van der Waals surface area contributed by atoms with Crippen molar-refractivity contribution in [3.05, 3.63) is 54.6 Å². The highest BCUT2D eigenvalue weighted by Crippen LogP contribution is 2.26. The van der Waals surface area contributed by atoms with E-state index >= 15 is 0 Å². The van der Waals surface area contributed by atoms with Gasteiger partial charge in [0.1, 0.15) is 17.3 Å². The van der Waals surface area contributed by atoms with Crippen molar-refractivity contribution in [3.8, 4) is 23.0 Å². The zero-order valence-corrected chi connectivity index (χ0v) is 13.7. The maximum absolute atomic E-state index is 11.8. The molecule has 0 amide bonds. The van der Waals surface area contributed by atoms with Crippen LogP contribution in [-0.2, 0) is 4.79 Å². The number of benzene rings is 2. The molecule has 0 saturated carbocycles. The lowest BCUT2D eigenvalue weighted by Gasteiger charge is -2.02. The van der Waals surface area contributed by atoms with Gasteiger partial charge in [0.25, 0.3) is 5.22 Å². The van der Waals surface area contributed by atoms with Gasteiger partial charge in [-0.2, -0.15) is 0 Å². The molecular weight excluding hydrogens is 328 g/mol. The monoisotopic (exact) mass is 342 g/mol. The number of methoxy groups -OCH3 is 1. The first-order chi connectivity index (χ1) is 11.7. The van der Waals surface area contributed by atoms with Gasteiger partial charge in [0.05, 0.1) is 7.11 Å². The first kappa shape index (κ1) is 16.1. The molecule has 0 spiro atoms. The highest BCUT2D eigenvalue weighted by Gasteiger charge is 2.12. The summed E-state index contributed by atoms with van der Waals surface area (Å²) in [6.07, 6.45) is 0. The van der Waals surface area contributed by atoms with E-state index < -0.39 is 0 Å². The Labute approximate surface area is 142 Å². The summed E-state index contributed by atoms with van der Waals surface area (Å²) in [6, 6.07) is 16.2. The zero-order valence-electron chi connectivity index (χ0n) is 12.8. The van der Waals surface area contributed by atoms with E-state index in [1.807, 2.05) is 24.3 Å². The van der Waals surface area contributed by atoms with Gasteiger partial charge in [-0.25, -0.2) is 0 Å². The van der Waals surface area contributed by atoms with Crippen LogP contribution < -0.4 is 9.47 Å². The van der Waals surface area contributed by atoms with Crippen LogP contribution in [0.15, 0.2) is 64.2 Å². The molecule has 0 fully saturated rings. The molecule has 0 radical (unpaired) electrons. The maximum atomic E-state index is 11.8. The molecule has 0 bridgehead atoms. The molecule has 0 saturated heterocycles. The van der Waals surface area contributed by atoms with Gasteiger partial charge in [0, 0.05) is 5.56 Å². The molecule has 0 atom stereocenters. The van der Waals surface area contributed by atoms with Gasteiger partial charge < -0.3 is 13.9 Å². The predicted octanol–water partition coefficient (Wildman–Crippen LogP) is 3.44. The van der Waals surface area contributed by atoms with Gasteiger partial charge in [-0.3, -0.25) is 4.79 Å². The summed E-state index contributed by atoms with van der Waals surface area (Å²) in [7, 11) is 1.59. The largest absolute Gasteiger partial charge is 0.497 e. The second-order valence-corrected chi connectivity index (χ2v) is 5.61. The SMILES string of the molecule is COc1cccc(-c2nnc(SCC(=O)Oc3ccccc3)o2)c1. The van der Waals surface area contributed by atoms with Crippen molar-refractivity contribution >= 4 is 17.7 Å². The third-order valence-corrected chi connectivity index (χ3v) is 3.80. The lowest BCUT2D eigenvalue weighted by molar-refractivity contribution is -0.131. The maximum Gasteiger partial charge on any atom is 0.321 e. The number of esters is 1. The Morgan fingerprint density at radius 1 is 1.08 bits per heavy atom. The minimum Gasteiger partial charge on any atom is -0.497 e. The second-order valence-electron chi connectivity index (χ2n) is 4.68. The van der Waals surface area contributed by atoms with E-state index in [4.69, 9.17) is 13.9 Å². The molecule has 122 valence electrons. The number of carbonyl (C=O) groups is 1. The molecule has 0 aliphatic carbocycles. The molecule has 24 heavy (non-hydrogen) atoms. The molecule has 7 heteroatoms. The summed E-state index contributed by atoms with van der Waals surface area (Å²) in [5, 5.41) is 8.21. The fourth-order valence-electron chi connectivity index (χ4n) is 1.91. The van der Waals surface area contributed by atoms with Crippen LogP contribution in [0.2, 0.25) is 0 Å². The number of nitrogens with zero attached hydrogens (tertiary/aromatic N) is 2. The Bertz CT molecular complexity index is 820. The van der Waals surface area contributed by atoms with Gasteiger partial charge >= 0.3 is 5.97 Å². The normalized spacial score (nSPS) is 10.4. The zero-order chi connectivity index (χ0) is 16.8. The van der Waals surface area contributed by atoms with Crippen molar-refractivity contribution in [2.45, 2.75) is 5.22 Å². The lowest BCUT2D eigenvalue weighted by Crippen LogP contribution is -2.10. The van der Waals surface area contributed by atoms with Crippen LogP contribution in [0.3, 0.4) is 0 Å². The summed E-state index contributed by atoms with van der Waals surface area (Å²) in [5.74, 6) is 1.27. The lowest BCUT2D eigenvalue weighted by atomic mass is 10.2. The Morgan fingerprint density at radius 2 is 1.88 bits per heavy atom. The summed E-state index contributed by atoms with van der Waals surface area (Å²) in [4.78, 5) is 11.8. The van der Waals surface area contributed by atoms with Crippen molar-refractivity contribution < 1.29 is 18.7 Å². The minimum atomic E-state index is -0.382. The molecule has 3 rings (SSSR count). The van der Waals surface area contributed by atoms with E-state index in [-0.39, 0.29) is 11.7 Å². The number of hydrogen-bond acceptors (Lipinski definition) is 7. The Balaban J connectivity index is 1.59. The predicted molar refractivity (Wildman–Crippen MR) is 89.1 cm³/mol. The first-order valence-corrected chi connectivity index (χ1v) is 8.09. The number of carbonyl (C=O) groups excluding carboxylic acids is 1. The van der Waals surface area contributed by atoms with Crippen molar-refractivity contribution in [1.82, 2.24) is 10.2 Å². The molecule has 3 aromatic rings. The molecule has 0 aliphatic rings. The van der Waals surface area contributed by atoms with E-state index in [9.17, 15) is 4.79 Å². The highest BCUT2D eigenvalue weighted by molar-refractivity contribution is 7.99. The van der Waals surface area contributed by atoms with E-state index in [1.165, 1.54) is 0 Å². The summed E-state index contributed by atoms with van der Waals surface area (Å²) < 4.78 is 15.9. The number of thioether (sulfide) groups is 1. The molecule has 1 aromatic heterocycles. The van der Waals surface area contributed by atoms with Crippen LogP contribution in [0.1, 0.15) is 0 Å². The first-order valence-electron chi connectivity index (χ1n) is 7.11. The second kappa shape index (κ2) is 7.65. The van der Waals surface area contributed by atoms with Crippen molar-refractivity contribution in [1.29, 1.82) is 0 Å². The van der Waals surface area contributed by atoms with Gasteiger partial charge in [-0.15, -0.1) is 10.2 Å². The number of rotatable bonds is 6. The summed E-state index contributed by atoms with van der Waals surface area (Å²) in [6.45, 7) is 0. The van der Waals surface area contributed by atoms with E-state index in [0.717, 1.165) is 17.3 Å². The fourth-order valence-corrected chi connectivity index (χ4v) is 2.45. The van der Waals surface area contributed by atoms with Crippen LogP contribution in [0.25, 0.3) is 11.5 Å². The Morgan fingerprint density at radius 3 is 2.67 bits per heavy atom. The molecule has 0 aliphatic heterocycles. The molecule has 2 aromatic carbocycles. The number of ether oxygens (including phenoxy) is 2. The number of aromatic nitrogens is 2. The third kappa shape index (κ3) is 4.14. The molecule has 0 unspecified atom stereocenters.